The van der Waals surface area contributed by atoms with Crippen molar-refractivity contribution in [2.45, 2.75) is 58.0 Å². The van der Waals surface area contributed by atoms with Gasteiger partial charge in [0.1, 0.15) is 17.6 Å². The highest BCUT2D eigenvalue weighted by molar-refractivity contribution is 6.30. The molecule has 0 radical (unpaired) electrons. The van der Waals surface area contributed by atoms with Gasteiger partial charge in [0.15, 0.2) is 0 Å². The molecule has 1 saturated heterocycles. The van der Waals surface area contributed by atoms with Gasteiger partial charge in [0.25, 0.3) is 0 Å². The van der Waals surface area contributed by atoms with Crippen LogP contribution in [0.2, 0.25) is 5.02 Å². The van der Waals surface area contributed by atoms with E-state index in [-0.39, 0.29) is 23.6 Å². The van der Waals surface area contributed by atoms with Crippen molar-refractivity contribution in [1.29, 1.82) is 0 Å². The summed E-state index contributed by atoms with van der Waals surface area (Å²) in [6, 6.07) is 2.75. The monoisotopic (exact) mass is 388 g/mol. The van der Waals surface area contributed by atoms with Gasteiger partial charge in [0.05, 0.1) is 23.7 Å². The molecule has 5 nitrogen and oxygen atoms in total. The van der Waals surface area contributed by atoms with Crippen LogP contribution in [0, 0.1) is 5.82 Å². The quantitative estimate of drug-likeness (QED) is 0.862. The third kappa shape index (κ3) is 4.84. The fourth-order valence-corrected chi connectivity index (χ4v) is 3.19. The van der Waals surface area contributed by atoms with Crippen LogP contribution in [0.3, 0.4) is 0 Å². The van der Waals surface area contributed by atoms with Crippen molar-refractivity contribution in [3.05, 3.63) is 34.6 Å². The second kappa shape index (κ2) is 7.78. The van der Waals surface area contributed by atoms with Crippen molar-refractivity contribution in [2.75, 3.05) is 6.54 Å². The topological polar surface area (TPSA) is 58.6 Å². The standard InChI is InChI=1S/C18H23ClF2N2O3/c1-10(24)22-16-13(20)9-23(17(25)26-18(2,3)4)14(16)8-11-6-5-7-12(19)15(11)21/h5-7,13-14,16H,8-9H2,1-4H3,(H,22,24). The molecule has 1 N–H and O–H groups in total. The van der Waals surface area contributed by atoms with Gasteiger partial charge in [0, 0.05) is 6.92 Å². The Kier molecular flexibility index (Phi) is 6.11. The minimum atomic E-state index is -1.49. The SMILES string of the molecule is CC(=O)NC1C(F)CN(C(=O)OC(C)(C)C)C1Cc1cccc(Cl)c1F. The number of amides is 2. The molecule has 1 aliphatic heterocycles. The molecule has 1 fully saturated rings. The average molecular weight is 389 g/mol. The lowest BCUT2D eigenvalue weighted by Gasteiger charge is -2.30. The van der Waals surface area contributed by atoms with Gasteiger partial charge in [-0.05, 0) is 38.8 Å². The lowest BCUT2D eigenvalue weighted by molar-refractivity contribution is -0.120. The Morgan fingerprint density at radius 3 is 2.62 bits per heavy atom. The van der Waals surface area contributed by atoms with Gasteiger partial charge in [-0.15, -0.1) is 0 Å². The van der Waals surface area contributed by atoms with E-state index >= 15 is 0 Å². The van der Waals surface area contributed by atoms with Crippen LogP contribution in [-0.4, -0.2) is 47.3 Å². The molecule has 3 unspecified atom stereocenters. The summed E-state index contributed by atoms with van der Waals surface area (Å²) in [7, 11) is 0. The molecule has 0 spiro atoms. The van der Waals surface area contributed by atoms with Crippen LogP contribution >= 0.6 is 11.6 Å². The van der Waals surface area contributed by atoms with Crippen LogP contribution < -0.4 is 5.32 Å². The van der Waals surface area contributed by atoms with E-state index in [1.807, 2.05) is 0 Å². The highest BCUT2D eigenvalue weighted by atomic mass is 35.5. The van der Waals surface area contributed by atoms with Crippen molar-refractivity contribution in [1.82, 2.24) is 10.2 Å². The van der Waals surface area contributed by atoms with Crippen LogP contribution in [0.5, 0.6) is 0 Å². The Balaban J connectivity index is 2.33. The third-order valence-corrected chi connectivity index (χ3v) is 4.33. The molecule has 2 amide bonds. The summed E-state index contributed by atoms with van der Waals surface area (Å²) in [4.78, 5) is 25.2. The minimum Gasteiger partial charge on any atom is -0.444 e. The van der Waals surface area contributed by atoms with E-state index in [0.29, 0.717) is 0 Å². The molecular formula is C18H23ClF2N2O3. The molecule has 3 atom stereocenters. The molecule has 2 rings (SSSR count). The first-order chi connectivity index (χ1) is 12.0. The maximum Gasteiger partial charge on any atom is 0.410 e. The van der Waals surface area contributed by atoms with Crippen LogP contribution in [0.25, 0.3) is 0 Å². The molecule has 0 bridgehead atoms. The predicted octanol–water partition coefficient (Wildman–Crippen LogP) is 3.48. The number of halogens is 3. The lowest BCUT2D eigenvalue weighted by Crippen LogP contribution is -2.50. The minimum absolute atomic E-state index is 0.00297. The number of ether oxygens (including phenoxy) is 1. The average Bonchev–Trinajstić information content (AvgIpc) is 2.79. The van der Waals surface area contributed by atoms with Gasteiger partial charge in [-0.2, -0.15) is 0 Å². The largest absolute Gasteiger partial charge is 0.444 e. The van der Waals surface area contributed by atoms with Gasteiger partial charge in [-0.1, -0.05) is 23.7 Å². The number of hydrogen-bond donors (Lipinski definition) is 1. The molecule has 0 aliphatic carbocycles. The fraction of sp³-hybridized carbons (Fsp3) is 0.556. The van der Waals surface area contributed by atoms with E-state index in [4.69, 9.17) is 16.3 Å². The van der Waals surface area contributed by atoms with E-state index in [1.54, 1.807) is 26.8 Å². The molecule has 0 aromatic heterocycles. The summed E-state index contributed by atoms with van der Waals surface area (Å²) in [5.41, 5.74) is -0.526. The van der Waals surface area contributed by atoms with Crippen molar-refractivity contribution in [3.63, 3.8) is 0 Å². The Hall–Kier alpha value is -1.89. The number of benzene rings is 1. The van der Waals surface area contributed by atoms with Gasteiger partial charge < -0.3 is 10.1 Å². The Morgan fingerprint density at radius 2 is 2.04 bits per heavy atom. The molecular weight excluding hydrogens is 366 g/mol. The number of alkyl halides is 1. The van der Waals surface area contributed by atoms with E-state index < -0.39 is 41.7 Å². The zero-order chi connectivity index (χ0) is 19.6. The van der Waals surface area contributed by atoms with Gasteiger partial charge >= 0.3 is 6.09 Å². The number of carbonyl (C=O) groups is 2. The first-order valence-electron chi connectivity index (χ1n) is 8.33. The van der Waals surface area contributed by atoms with E-state index in [0.717, 1.165) is 0 Å². The molecule has 1 aliphatic rings. The number of carbonyl (C=O) groups excluding carboxylic acids is 2. The normalized spacial score (nSPS) is 23.0. The van der Waals surface area contributed by atoms with E-state index in [2.05, 4.69) is 5.32 Å². The summed E-state index contributed by atoms with van der Waals surface area (Å²) in [5, 5.41) is 2.47. The molecule has 0 saturated carbocycles. The summed E-state index contributed by atoms with van der Waals surface area (Å²) in [5.74, 6) is -1.05. The Morgan fingerprint density at radius 1 is 1.38 bits per heavy atom. The Bertz CT molecular complexity index is 694. The summed E-state index contributed by atoms with van der Waals surface area (Å²) in [6.45, 7) is 6.12. The zero-order valence-electron chi connectivity index (χ0n) is 15.2. The van der Waals surface area contributed by atoms with Crippen molar-refractivity contribution in [3.8, 4) is 0 Å². The second-order valence-electron chi connectivity index (χ2n) is 7.36. The van der Waals surface area contributed by atoms with Gasteiger partial charge in [-0.25, -0.2) is 13.6 Å². The van der Waals surface area contributed by atoms with E-state index in [9.17, 15) is 18.4 Å². The molecule has 1 aromatic carbocycles. The summed E-state index contributed by atoms with van der Waals surface area (Å²) < 4.78 is 34.2. The maximum atomic E-state index is 14.5. The molecule has 1 aromatic rings. The first-order valence-corrected chi connectivity index (χ1v) is 8.71. The number of nitrogens with one attached hydrogen (secondary N) is 1. The van der Waals surface area contributed by atoms with Crippen LogP contribution in [0.4, 0.5) is 13.6 Å². The predicted molar refractivity (Wildman–Crippen MR) is 94.3 cm³/mol. The highest BCUT2D eigenvalue weighted by Crippen LogP contribution is 2.28. The van der Waals surface area contributed by atoms with Crippen LogP contribution in [0.15, 0.2) is 18.2 Å². The summed E-state index contributed by atoms with van der Waals surface area (Å²) in [6.07, 6.45) is -2.20. The number of nitrogens with zero attached hydrogens (tertiary/aromatic N) is 1. The van der Waals surface area contributed by atoms with Crippen molar-refractivity contribution >= 4 is 23.6 Å². The second-order valence-corrected chi connectivity index (χ2v) is 7.77. The van der Waals surface area contributed by atoms with Gasteiger partial charge in [-0.3, -0.25) is 9.69 Å². The maximum absolute atomic E-state index is 14.5. The van der Waals surface area contributed by atoms with Crippen LogP contribution in [0.1, 0.15) is 33.3 Å². The first kappa shape index (κ1) is 20.4. The zero-order valence-corrected chi connectivity index (χ0v) is 15.9. The van der Waals surface area contributed by atoms with Crippen LogP contribution in [-0.2, 0) is 16.0 Å². The number of rotatable bonds is 3. The van der Waals surface area contributed by atoms with Gasteiger partial charge in [0.2, 0.25) is 5.91 Å². The summed E-state index contributed by atoms with van der Waals surface area (Å²) >= 11 is 5.81. The third-order valence-electron chi connectivity index (χ3n) is 4.03. The molecule has 8 heteroatoms. The number of likely N-dealkylation sites (tertiary alicyclic amines) is 1. The van der Waals surface area contributed by atoms with Crippen molar-refractivity contribution in [2.24, 2.45) is 0 Å². The Labute approximate surface area is 156 Å². The van der Waals surface area contributed by atoms with E-state index in [1.165, 1.54) is 24.0 Å². The lowest BCUT2D eigenvalue weighted by atomic mass is 9.99. The number of hydrogen-bond acceptors (Lipinski definition) is 3. The fourth-order valence-electron chi connectivity index (χ4n) is 2.99. The molecule has 26 heavy (non-hydrogen) atoms. The molecule has 144 valence electrons. The highest BCUT2D eigenvalue weighted by Gasteiger charge is 2.46. The van der Waals surface area contributed by atoms with Crippen molar-refractivity contribution < 1.29 is 23.1 Å². The molecule has 1 heterocycles. The smallest absolute Gasteiger partial charge is 0.410 e.